The van der Waals surface area contributed by atoms with Crippen molar-refractivity contribution in [2.45, 2.75) is 12.2 Å². The van der Waals surface area contributed by atoms with Crippen LogP contribution in [0, 0.1) is 5.82 Å². The number of carbonyl (C=O) groups excluding carboxylic acids is 1. The highest BCUT2D eigenvalue weighted by atomic mass is 19.4. The first-order valence-corrected chi connectivity index (χ1v) is 6.41. The number of hydrogen-bond acceptors (Lipinski definition) is 3. The number of alkyl halides is 3. The van der Waals surface area contributed by atoms with Crippen LogP contribution in [-0.4, -0.2) is 37.0 Å². The molecule has 116 valence electrons. The molecule has 0 saturated carbocycles. The van der Waals surface area contributed by atoms with E-state index in [1.54, 1.807) is 4.90 Å². The Hall–Kier alpha value is -1.67. The van der Waals surface area contributed by atoms with Crippen LogP contribution in [0.5, 0.6) is 0 Å². The summed E-state index contributed by atoms with van der Waals surface area (Å²) in [5.41, 5.74) is 3.82. The first kappa shape index (κ1) is 15.7. The highest BCUT2D eigenvalue weighted by Gasteiger charge is 2.39. The van der Waals surface area contributed by atoms with Gasteiger partial charge in [-0.15, -0.1) is 0 Å². The van der Waals surface area contributed by atoms with Gasteiger partial charge in [-0.2, -0.15) is 13.2 Å². The van der Waals surface area contributed by atoms with E-state index in [9.17, 15) is 22.4 Å². The molecule has 1 aliphatic rings. The number of benzene rings is 1. The number of nitrogens with zero attached hydrogens (tertiary/aromatic N) is 1. The van der Waals surface area contributed by atoms with Crippen molar-refractivity contribution < 1.29 is 22.4 Å². The molecule has 0 aliphatic carbocycles. The van der Waals surface area contributed by atoms with Gasteiger partial charge in [-0.25, -0.2) is 4.39 Å². The number of hydrogen-bond donors (Lipinski definition) is 2. The molecule has 1 aromatic rings. The van der Waals surface area contributed by atoms with E-state index < -0.39 is 29.5 Å². The molecule has 2 rings (SSSR count). The van der Waals surface area contributed by atoms with Crippen LogP contribution >= 0.6 is 0 Å². The molecule has 1 unspecified atom stereocenters. The Morgan fingerprint density at radius 1 is 1.29 bits per heavy atom. The maximum atomic E-state index is 13.1. The van der Waals surface area contributed by atoms with Crippen molar-refractivity contribution in [3.8, 4) is 0 Å². The molecule has 3 N–H and O–H groups in total. The molecule has 1 aliphatic heterocycles. The molecule has 21 heavy (non-hydrogen) atoms. The van der Waals surface area contributed by atoms with Gasteiger partial charge in [-0.3, -0.25) is 9.69 Å². The number of amides is 1. The minimum atomic E-state index is -4.75. The number of rotatable bonds is 3. The predicted octanol–water partition coefficient (Wildman–Crippen LogP) is 1.28. The molecule has 1 saturated heterocycles. The summed E-state index contributed by atoms with van der Waals surface area (Å²) in [5.74, 6) is -1.89. The Balaban J connectivity index is 2.47. The number of nitrogens with two attached hydrogens (primary N) is 1. The fourth-order valence-electron chi connectivity index (χ4n) is 2.48. The van der Waals surface area contributed by atoms with E-state index in [4.69, 9.17) is 5.73 Å². The lowest BCUT2D eigenvalue weighted by Gasteiger charge is -2.34. The molecule has 1 atom stereocenters. The Morgan fingerprint density at radius 3 is 2.43 bits per heavy atom. The summed E-state index contributed by atoms with van der Waals surface area (Å²) >= 11 is 0. The number of primary amides is 1. The fourth-order valence-corrected chi connectivity index (χ4v) is 2.48. The Bertz CT molecular complexity index is 527. The minimum absolute atomic E-state index is 0.307. The zero-order chi connectivity index (χ0) is 15.6. The molecular formula is C13H15F4N3O. The number of carbonyl (C=O) groups is 1. The van der Waals surface area contributed by atoms with Crippen LogP contribution in [0.4, 0.5) is 17.6 Å². The summed E-state index contributed by atoms with van der Waals surface area (Å²) in [4.78, 5) is 13.2. The van der Waals surface area contributed by atoms with Gasteiger partial charge < -0.3 is 11.1 Å². The van der Waals surface area contributed by atoms with Crippen molar-refractivity contribution in [3.63, 3.8) is 0 Å². The van der Waals surface area contributed by atoms with Crippen LogP contribution in [0.3, 0.4) is 0 Å². The lowest BCUT2D eigenvalue weighted by Crippen LogP contribution is -2.49. The fraction of sp³-hybridized carbons (Fsp3) is 0.462. The first-order valence-electron chi connectivity index (χ1n) is 6.41. The van der Waals surface area contributed by atoms with E-state index in [1.165, 1.54) is 0 Å². The minimum Gasteiger partial charge on any atom is -0.368 e. The SMILES string of the molecule is NC(=O)C(c1ccc(F)cc1C(F)(F)F)N1CCNCC1. The summed E-state index contributed by atoms with van der Waals surface area (Å²) in [5, 5.41) is 3.04. The lowest BCUT2D eigenvalue weighted by molar-refractivity contribution is -0.139. The van der Waals surface area contributed by atoms with Gasteiger partial charge >= 0.3 is 6.18 Å². The largest absolute Gasteiger partial charge is 0.416 e. The van der Waals surface area contributed by atoms with Crippen molar-refractivity contribution >= 4 is 5.91 Å². The summed E-state index contributed by atoms with van der Waals surface area (Å²) < 4.78 is 52.4. The van der Waals surface area contributed by atoms with Gasteiger partial charge in [0.15, 0.2) is 0 Å². The van der Waals surface area contributed by atoms with Crippen LogP contribution in [0.15, 0.2) is 18.2 Å². The molecule has 0 spiro atoms. The highest BCUT2D eigenvalue weighted by molar-refractivity contribution is 5.82. The van der Waals surface area contributed by atoms with Gasteiger partial charge in [-0.05, 0) is 17.7 Å². The summed E-state index contributed by atoms with van der Waals surface area (Å²) in [7, 11) is 0. The Morgan fingerprint density at radius 2 is 1.90 bits per heavy atom. The third-order valence-corrected chi connectivity index (χ3v) is 3.40. The van der Waals surface area contributed by atoms with Crippen molar-refractivity contribution in [1.29, 1.82) is 0 Å². The third kappa shape index (κ3) is 3.51. The predicted molar refractivity (Wildman–Crippen MR) is 67.8 cm³/mol. The van der Waals surface area contributed by atoms with Crippen LogP contribution < -0.4 is 11.1 Å². The molecule has 1 heterocycles. The number of piperazine rings is 1. The molecule has 4 nitrogen and oxygen atoms in total. The van der Waals surface area contributed by atoms with E-state index in [-0.39, 0.29) is 5.56 Å². The monoisotopic (exact) mass is 305 g/mol. The topological polar surface area (TPSA) is 58.4 Å². The summed E-state index contributed by atoms with van der Waals surface area (Å²) in [6.45, 7) is 1.88. The zero-order valence-corrected chi connectivity index (χ0v) is 11.1. The second-order valence-corrected chi connectivity index (χ2v) is 4.82. The average Bonchev–Trinajstić information content (AvgIpc) is 2.40. The van der Waals surface area contributed by atoms with Crippen LogP contribution in [0.1, 0.15) is 17.2 Å². The second kappa shape index (κ2) is 5.98. The highest BCUT2D eigenvalue weighted by Crippen LogP contribution is 2.36. The second-order valence-electron chi connectivity index (χ2n) is 4.82. The average molecular weight is 305 g/mol. The van der Waals surface area contributed by atoms with Gasteiger partial charge in [0.05, 0.1) is 5.56 Å². The van der Waals surface area contributed by atoms with Crippen LogP contribution in [0.25, 0.3) is 0 Å². The quantitative estimate of drug-likeness (QED) is 0.827. The first-order chi connectivity index (χ1) is 9.80. The van der Waals surface area contributed by atoms with E-state index in [0.717, 1.165) is 12.1 Å². The lowest BCUT2D eigenvalue weighted by atomic mass is 9.97. The maximum Gasteiger partial charge on any atom is 0.416 e. The normalized spacial score (nSPS) is 18.5. The molecule has 0 radical (unpaired) electrons. The number of nitrogens with one attached hydrogen (secondary N) is 1. The Kier molecular flexibility index (Phi) is 4.48. The third-order valence-electron chi connectivity index (χ3n) is 3.40. The van der Waals surface area contributed by atoms with E-state index in [2.05, 4.69) is 5.32 Å². The number of halogens is 4. The van der Waals surface area contributed by atoms with Crippen molar-refractivity contribution in [2.24, 2.45) is 5.73 Å². The molecule has 0 aromatic heterocycles. The van der Waals surface area contributed by atoms with E-state index in [0.29, 0.717) is 32.2 Å². The molecule has 0 bridgehead atoms. The van der Waals surface area contributed by atoms with E-state index >= 15 is 0 Å². The standard InChI is InChI=1S/C13H15F4N3O/c14-8-1-2-9(10(7-8)13(15,16)17)11(12(18)21)20-5-3-19-4-6-20/h1-2,7,11,19H,3-6H2,(H2,18,21). The molecule has 1 fully saturated rings. The Labute approximate surface area is 118 Å². The molecule has 1 amide bonds. The van der Waals surface area contributed by atoms with Crippen LogP contribution in [-0.2, 0) is 11.0 Å². The molecule has 1 aromatic carbocycles. The van der Waals surface area contributed by atoms with Gasteiger partial charge in [-0.1, -0.05) is 6.07 Å². The molecule has 8 heteroatoms. The summed E-state index contributed by atoms with van der Waals surface area (Å²) in [6.07, 6.45) is -4.75. The zero-order valence-electron chi connectivity index (χ0n) is 11.1. The maximum absolute atomic E-state index is 13.1. The smallest absolute Gasteiger partial charge is 0.368 e. The van der Waals surface area contributed by atoms with Gasteiger partial charge in [0.1, 0.15) is 11.9 Å². The van der Waals surface area contributed by atoms with Crippen molar-refractivity contribution in [1.82, 2.24) is 10.2 Å². The van der Waals surface area contributed by atoms with Crippen molar-refractivity contribution in [2.75, 3.05) is 26.2 Å². The van der Waals surface area contributed by atoms with Gasteiger partial charge in [0.2, 0.25) is 5.91 Å². The van der Waals surface area contributed by atoms with Gasteiger partial charge in [0, 0.05) is 26.2 Å². The van der Waals surface area contributed by atoms with Gasteiger partial charge in [0.25, 0.3) is 0 Å². The summed E-state index contributed by atoms with van der Waals surface area (Å²) in [6, 6.07) is 1.07. The van der Waals surface area contributed by atoms with E-state index in [1.807, 2.05) is 0 Å². The van der Waals surface area contributed by atoms with Crippen molar-refractivity contribution in [3.05, 3.63) is 35.1 Å². The van der Waals surface area contributed by atoms with Crippen LogP contribution in [0.2, 0.25) is 0 Å². The molecular weight excluding hydrogens is 290 g/mol.